The average molecular weight is 156 g/mol. The maximum Gasteiger partial charge on any atom is 0.0664 e. The van der Waals surface area contributed by atoms with E-state index in [2.05, 4.69) is 4.98 Å². The SMILES string of the molecule is CS(=O)c1ccncc1N. The van der Waals surface area contributed by atoms with Gasteiger partial charge in [0.1, 0.15) is 0 Å². The first kappa shape index (κ1) is 7.21. The summed E-state index contributed by atoms with van der Waals surface area (Å²) in [7, 11) is -1.01. The van der Waals surface area contributed by atoms with E-state index in [4.69, 9.17) is 5.73 Å². The fraction of sp³-hybridized carbons (Fsp3) is 0.167. The van der Waals surface area contributed by atoms with Crippen LogP contribution in [0.2, 0.25) is 0 Å². The molecule has 0 aliphatic carbocycles. The first-order valence-electron chi connectivity index (χ1n) is 2.74. The molecule has 1 aromatic rings. The lowest BCUT2D eigenvalue weighted by Gasteiger charge is -1.97. The fourth-order valence-electron chi connectivity index (χ4n) is 0.656. The van der Waals surface area contributed by atoms with Gasteiger partial charge in [0.05, 0.1) is 27.6 Å². The van der Waals surface area contributed by atoms with Crippen LogP contribution in [0.15, 0.2) is 23.4 Å². The highest BCUT2D eigenvalue weighted by atomic mass is 32.2. The summed E-state index contributed by atoms with van der Waals surface area (Å²) in [6.45, 7) is 0. The average Bonchev–Trinajstić information content (AvgIpc) is 1.88. The molecular weight excluding hydrogens is 148 g/mol. The summed E-state index contributed by atoms with van der Waals surface area (Å²) in [6.07, 6.45) is 4.66. The molecular formula is C6H8N2OS. The molecule has 1 aromatic heterocycles. The molecule has 1 unspecified atom stereocenters. The van der Waals surface area contributed by atoms with Gasteiger partial charge in [0.15, 0.2) is 0 Å². The van der Waals surface area contributed by atoms with Crippen molar-refractivity contribution in [3.05, 3.63) is 18.5 Å². The zero-order valence-electron chi connectivity index (χ0n) is 5.57. The molecule has 0 radical (unpaired) electrons. The number of nitrogens with two attached hydrogens (primary N) is 1. The second kappa shape index (κ2) is 2.79. The minimum Gasteiger partial charge on any atom is -0.396 e. The minimum atomic E-state index is -1.01. The van der Waals surface area contributed by atoms with Crippen molar-refractivity contribution in [1.82, 2.24) is 4.98 Å². The van der Waals surface area contributed by atoms with E-state index in [0.29, 0.717) is 10.6 Å². The van der Waals surface area contributed by atoms with Gasteiger partial charge in [0.25, 0.3) is 0 Å². The van der Waals surface area contributed by atoms with E-state index in [0.717, 1.165) is 0 Å². The molecule has 2 N–H and O–H groups in total. The molecule has 0 fully saturated rings. The van der Waals surface area contributed by atoms with Crippen molar-refractivity contribution in [3.8, 4) is 0 Å². The molecule has 0 aromatic carbocycles. The van der Waals surface area contributed by atoms with Crippen LogP contribution in [0.4, 0.5) is 5.69 Å². The van der Waals surface area contributed by atoms with Crippen LogP contribution in [0.25, 0.3) is 0 Å². The van der Waals surface area contributed by atoms with Crippen molar-refractivity contribution in [2.24, 2.45) is 0 Å². The lowest BCUT2D eigenvalue weighted by atomic mass is 10.4. The largest absolute Gasteiger partial charge is 0.396 e. The molecule has 0 saturated carbocycles. The van der Waals surface area contributed by atoms with Gasteiger partial charge in [-0.25, -0.2) is 0 Å². The lowest BCUT2D eigenvalue weighted by Crippen LogP contribution is -1.95. The molecule has 0 aliphatic rings. The van der Waals surface area contributed by atoms with Crippen molar-refractivity contribution in [2.45, 2.75) is 4.90 Å². The summed E-state index contributed by atoms with van der Waals surface area (Å²) in [6, 6.07) is 1.66. The maximum atomic E-state index is 10.9. The summed E-state index contributed by atoms with van der Waals surface area (Å²) in [5.41, 5.74) is 5.96. The van der Waals surface area contributed by atoms with E-state index in [1.165, 1.54) is 6.20 Å². The number of nitrogen functional groups attached to an aromatic ring is 1. The van der Waals surface area contributed by atoms with Gasteiger partial charge < -0.3 is 5.73 Å². The Balaban J connectivity index is 3.15. The highest BCUT2D eigenvalue weighted by Gasteiger charge is 1.99. The van der Waals surface area contributed by atoms with Gasteiger partial charge in [-0.1, -0.05) is 0 Å². The minimum absolute atomic E-state index is 0.489. The van der Waals surface area contributed by atoms with Crippen LogP contribution in [0.3, 0.4) is 0 Å². The Morgan fingerprint density at radius 1 is 1.70 bits per heavy atom. The number of pyridine rings is 1. The van der Waals surface area contributed by atoms with Gasteiger partial charge in [-0.15, -0.1) is 0 Å². The molecule has 4 heteroatoms. The van der Waals surface area contributed by atoms with Crippen LogP contribution in [-0.4, -0.2) is 15.4 Å². The highest BCUT2D eigenvalue weighted by molar-refractivity contribution is 7.84. The van der Waals surface area contributed by atoms with Gasteiger partial charge in [-0.2, -0.15) is 0 Å². The topological polar surface area (TPSA) is 56.0 Å². The van der Waals surface area contributed by atoms with Crippen LogP contribution >= 0.6 is 0 Å². The number of nitrogens with zero attached hydrogens (tertiary/aromatic N) is 1. The third-order valence-electron chi connectivity index (χ3n) is 1.12. The third-order valence-corrected chi connectivity index (χ3v) is 2.11. The predicted octanol–water partition coefficient (Wildman–Crippen LogP) is 0.401. The molecule has 0 bridgehead atoms. The smallest absolute Gasteiger partial charge is 0.0664 e. The Hall–Kier alpha value is -0.900. The highest BCUT2D eigenvalue weighted by Crippen LogP contribution is 2.11. The van der Waals surface area contributed by atoms with Gasteiger partial charge in [-0.3, -0.25) is 9.19 Å². The fourth-order valence-corrected chi connectivity index (χ4v) is 1.29. The van der Waals surface area contributed by atoms with Gasteiger partial charge >= 0.3 is 0 Å². The van der Waals surface area contributed by atoms with Crippen LogP contribution in [0, 0.1) is 0 Å². The summed E-state index contributed by atoms with van der Waals surface area (Å²) >= 11 is 0. The number of hydrogen-bond donors (Lipinski definition) is 1. The normalized spacial score (nSPS) is 12.9. The van der Waals surface area contributed by atoms with Crippen LogP contribution in [0.5, 0.6) is 0 Å². The number of rotatable bonds is 1. The third kappa shape index (κ3) is 1.33. The number of hydrogen-bond acceptors (Lipinski definition) is 3. The van der Waals surface area contributed by atoms with Crippen molar-refractivity contribution in [1.29, 1.82) is 0 Å². The lowest BCUT2D eigenvalue weighted by molar-refractivity contribution is 0.687. The maximum absolute atomic E-state index is 10.9. The van der Waals surface area contributed by atoms with Crippen LogP contribution < -0.4 is 5.73 Å². The van der Waals surface area contributed by atoms with E-state index in [-0.39, 0.29) is 0 Å². The molecule has 0 aliphatic heterocycles. The van der Waals surface area contributed by atoms with Crippen molar-refractivity contribution >= 4 is 16.5 Å². The van der Waals surface area contributed by atoms with E-state index >= 15 is 0 Å². The van der Waals surface area contributed by atoms with Gasteiger partial charge in [0, 0.05) is 12.5 Å². The number of anilines is 1. The summed E-state index contributed by atoms with van der Waals surface area (Å²) in [5, 5.41) is 0. The van der Waals surface area contributed by atoms with Gasteiger partial charge in [0.2, 0.25) is 0 Å². The van der Waals surface area contributed by atoms with Crippen molar-refractivity contribution < 1.29 is 4.21 Å². The quantitative estimate of drug-likeness (QED) is 0.640. The first-order valence-corrected chi connectivity index (χ1v) is 4.30. The Kier molecular flexibility index (Phi) is 2.01. The van der Waals surface area contributed by atoms with E-state index in [1.54, 1.807) is 18.5 Å². The molecule has 10 heavy (non-hydrogen) atoms. The summed E-state index contributed by atoms with van der Waals surface area (Å²) < 4.78 is 10.9. The van der Waals surface area contributed by atoms with Crippen molar-refractivity contribution in [3.63, 3.8) is 0 Å². The van der Waals surface area contributed by atoms with Crippen LogP contribution in [-0.2, 0) is 10.8 Å². The van der Waals surface area contributed by atoms with E-state index < -0.39 is 10.8 Å². The Morgan fingerprint density at radius 3 is 2.80 bits per heavy atom. The zero-order chi connectivity index (χ0) is 7.56. The van der Waals surface area contributed by atoms with Crippen LogP contribution in [0.1, 0.15) is 0 Å². The molecule has 1 rings (SSSR count). The van der Waals surface area contributed by atoms with E-state index in [1.807, 2.05) is 0 Å². The standard InChI is InChI=1S/C6H8N2OS/c1-10(9)6-2-3-8-4-5(6)7/h2-4H,7H2,1H3. The van der Waals surface area contributed by atoms with E-state index in [9.17, 15) is 4.21 Å². The summed E-state index contributed by atoms with van der Waals surface area (Å²) in [5.74, 6) is 0. The Bertz CT molecular complexity index is 262. The molecule has 1 atom stereocenters. The second-order valence-corrected chi connectivity index (χ2v) is 3.22. The Morgan fingerprint density at radius 2 is 2.40 bits per heavy atom. The molecule has 0 amide bonds. The molecule has 0 spiro atoms. The first-order chi connectivity index (χ1) is 4.72. The molecule has 0 saturated heterocycles. The molecule has 3 nitrogen and oxygen atoms in total. The van der Waals surface area contributed by atoms with Crippen molar-refractivity contribution in [2.75, 3.05) is 12.0 Å². The summed E-state index contributed by atoms with van der Waals surface area (Å²) in [4.78, 5) is 4.42. The molecule has 1 heterocycles. The Labute approximate surface area is 61.7 Å². The zero-order valence-corrected chi connectivity index (χ0v) is 6.39. The monoisotopic (exact) mass is 156 g/mol. The second-order valence-electron chi connectivity index (χ2n) is 1.87. The van der Waals surface area contributed by atoms with Gasteiger partial charge in [-0.05, 0) is 6.07 Å². The predicted molar refractivity (Wildman–Crippen MR) is 41.0 cm³/mol. The number of aromatic nitrogens is 1. The molecule has 54 valence electrons.